The standard InChI is InChI=1S/C24H31N5O3/c1-17(19-9-3-2-4-10-19)27-23(31)20-11-5-6-12-21(20)28-22(30)16-29-13-7-8-18(15-29)14-26-24(25)32/h2-6,9-12,17-18H,7-8,13-16H2,1H3,(H,27,31)(H,28,30)(H3,25,26,32)/t17-,18-/m1/s1. The third-order valence-corrected chi connectivity index (χ3v) is 5.63. The number of nitrogens with zero attached hydrogens (tertiary/aromatic N) is 1. The number of urea groups is 1. The van der Waals surface area contributed by atoms with Crippen LogP contribution in [0.1, 0.15) is 41.7 Å². The molecular formula is C24H31N5O3. The molecule has 0 bridgehead atoms. The summed E-state index contributed by atoms with van der Waals surface area (Å²) in [7, 11) is 0. The van der Waals surface area contributed by atoms with Crippen molar-refractivity contribution < 1.29 is 14.4 Å². The number of para-hydroxylation sites is 1. The van der Waals surface area contributed by atoms with E-state index < -0.39 is 6.03 Å². The van der Waals surface area contributed by atoms with Crippen molar-refractivity contribution in [1.82, 2.24) is 15.5 Å². The number of hydrogen-bond donors (Lipinski definition) is 4. The number of carbonyl (C=O) groups is 3. The van der Waals surface area contributed by atoms with Crippen LogP contribution in [0.15, 0.2) is 54.6 Å². The van der Waals surface area contributed by atoms with E-state index in [1.54, 1.807) is 24.3 Å². The van der Waals surface area contributed by atoms with Crippen LogP contribution in [0.25, 0.3) is 0 Å². The molecule has 8 nitrogen and oxygen atoms in total. The van der Waals surface area contributed by atoms with E-state index in [0.717, 1.165) is 24.9 Å². The van der Waals surface area contributed by atoms with Gasteiger partial charge in [0.1, 0.15) is 0 Å². The topological polar surface area (TPSA) is 117 Å². The van der Waals surface area contributed by atoms with Crippen LogP contribution in [0.4, 0.5) is 10.5 Å². The van der Waals surface area contributed by atoms with Crippen LogP contribution in [0, 0.1) is 5.92 Å². The molecule has 0 aromatic heterocycles. The summed E-state index contributed by atoms with van der Waals surface area (Å²) in [6, 6.07) is 16.0. The van der Waals surface area contributed by atoms with E-state index >= 15 is 0 Å². The number of benzene rings is 2. The Bertz CT molecular complexity index is 934. The van der Waals surface area contributed by atoms with Crippen molar-refractivity contribution in [2.45, 2.75) is 25.8 Å². The molecule has 4 amide bonds. The minimum Gasteiger partial charge on any atom is -0.352 e. The van der Waals surface area contributed by atoms with Crippen LogP contribution in [0.2, 0.25) is 0 Å². The van der Waals surface area contributed by atoms with Crippen molar-refractivity contribution in [1.29, 1.82) is 0 Å². The summed E-state index contributed by atoms with van der Waals surface area (Å²) >= 11 is 0. The number of anilines is 1. The Morgan fingerprint density at radius 2 is 1.81 bits per heavy atom. The van der Waals surface area contributed by atoms with Gasteiger partial charge >= 0.3 is 6.03 Å². The largest absolute Gasteiger partial charge is 0.352 e. The van der Waals surface area contributed by atoms with E-state index in [-0.39, 0.29) is 30.3 Å². The van der Waals surface area contributed by atoms with Gasteiger partial charge in [0.05, 0.1) is 23.8 Å². The summed E-state index contributed by atoms with van der Waals surface area (Å²) in [4.78, 5) is 38.6. The highest BCUT2D eigenvalue weighted by molar-refractivity contribution is 6.04. The predicted molar refractivity (Wildman–Crippen MR) is 124 cm³/mol. The molecule has 2 aromatic rings. The molecule has 0 spiro atoms. The third-order valence-electron chi connectivity index (χ3n) is 5.63. The van der Waals surface area contributed by atoms with E-state index in [2.05, 4.69) is 20.9 Å². The van der Waals surface area contributed by atoms with Crippen molar-refractivity contribution in [3.05, 3.63) is 65.7 Å². The lowest BCUT2D eigenvalue weighted by atomic mass is 9.98. The Morgan fingerprint density at radius 1 is 1.09 bits per heavy atom. The number of likely N-dealkylation sites (tertiary alicyclic amines) is 1. The van der Waals surface area contributed by atoms with Gasteiger partial charge in [0.25, 0.3) is 5.91 Å². The molecule has 32 heavy (non-hydrogen) atoms. The van der Waals surface area contributed by atoms with Crippen molar-refractivity contribution in [3.8, 4) is 0 Å². The fraction of sp³-hybridized carbons (Fsp3) is 0.375. The number of nitrogens with two attached hydrogens (primary N) is 1. The fourth-order valence-corrected chi connectivity index (χ4v) is 3.99. The molecule has 0 saturated carbocycles. The predicted octanol–water partition coefficient (Wildman–Crippen LogP) is 2.50. The van der Waals surface area contributed by atoms with Crippen LogP contribution in [-0.4, -0.2) is 48.9 Å². The quantitative estimate of drug-likeness (QED) is 0.508. The van der Waals surface area contributed by atoms with E-state index in [4.69, 9.17) is 5.73 Å². The van der Waals surface area contributed by atoms with Crippen molar-refractivity contribution in [2.24, 2.45) is 11.7 Å². The highest BCUT2D eigenvalue weighted by atomic mass is 16.2. The molecule has 5 N–H and O–H groups in total. The Morgan fingerprint density at radius 3 is 2.56 bits per heavy atom. The van der Waals surface area contributed by atoms with Gasteiger partial charge in [-0.1, -0.05) is 42.5 Å². The minimum atomic E-state index is -0.531. The van der Waals surface area contributed by atoms with Crippen LogP contribution < -0.4 is 21.7 Å². The molecule has 8 heteroatoms. The van der Waals surface area contributed by atoms with Crippen molar-refractivity contribution >= 4 is 23.5 Å². The number of hydrogen-bond acceptors (Lipinski definition) is 4. The maximum atomic E-state index is 12.9. The second-order valence-electron chi connectivity index (χ2n) is 8.19. The molecule has 170 valence electrons. The first-order valence-corrected chi connectivity index (χ1v) is 10.9. The van der Waals surface area contributed by atoms with E-state index in [0.29, 0.717) is 24.3 Å². The van der Waals surface area contributed by atoms with Gasteiger partial charge in [0.2, 0.25) is 5.91 Å². The van der Waals surface area contributed by atoms with E-state index in [1.807, 2.05) is 37.3 Å². The zero-order valence-corrected chi connectivity index (χ0v) is 18.3. The number of primary amides is 1. The van der Waals surface area contributed by atoms with Gasteiger partial charge in [0.15, 0.2) is 0 Å². The lowest BCUT2D eigenvalue weighted by Gasteiger charge is -2.32. The van der Waals surface area contributed by atoms with Crippen LogP contribution >= 0.6 is 0 Å². The molecule has 1 saturated heterocycles. The minimum absolute atomic E-state index is 0.160. The van der Waals surface area contributed by atoms with Crippen LogP contribution in [0.3, 0.4) is 0 Å². The molecule has 0 unspecified atom stereocenters. The van der Waals surface area contributed by atoms with Gasteiger partial charge in [-0.3, -0.25) is 14.5 Å². The first-order chi connectivity index (χ1) is 15.4. The Labute approximate surface area is 188 Å². The maximum Gasteiger partial charge on any atom is 0.312 e. The Kier molecular flexibility index (Phi) is 8.21. The van der Waals surface area contributed by atoms with Gasteiger partial charge in [-0.2, -0.15) is 0 Å². The van der Waals surface area contributed by atoms with E-state index in [9.17, 15) is 14.4 Å². The fourth-order valence-electron chi connectivity index (χ4n) is 3.99. The normalized spacial score (nSPS) is 17.2. The molecule has 3 rings (SSSR count). The number of rotatable bonds is 8. The number of nitrogens with one attached hydrogen (secondary N) is 3. The summed E-state index contributed by atoms with van der Waals surface area (Å²) in [5.41, 5.74) is 7.07. The molecule has 1 aliphatic rings. The SMILES string of the molecule is C[C@@H](NC(=O)c1ccccc1NC(=O)CN1CCC[C@H](CNC(N)=O)C1)c1ccccc1. The molecule has 1 fully saturated rings. The average molecular weight is 438 g/mol. The van der Waals surface area contributed by atoms with E-state index in [1.165, 1.54) is 0 Å². The molecule has 1 aliphatic heterocycles. The van der Waals surface area contributed by atoms with Crippen LogP contribution in [-0.2, 0) is 4.79 Å². The van der Waals surface area contributed by atoms with Crippen molar-refractivity contribution in [3.63, 3.8) is 0 Å². The second-order valence-corrected chi connectivity index (χ2v) is 8.19. The van der Waals surface area contributed by atoms with Gasteiger partial charge in [-0.25, -0.2) is 4.79 Å². The van der Waals surface area contributed by atoms with Gasteiger partial charge in [-0.15, -0.1) is 0 Å². The summed E-state index contributed by atoms with van der Waals surface area (Å²) < 4.78 is 0. The highest BCUT2D eigenvalue weighted by Gasteiger charge is 2.23. The molecule has 0 aliphatic carbocycles. The molecule has 1 heterocycles. The lowest BCUT2D eigenvalue weighted by molar-refractivity contribution is -0.117. The number of amides is 4. The maximum absolute atomic E-state index is 12.9. The second kappa shape index (κ2) is 11.3. The lowest BCUT2D eigenvalue weighted by Crippen LogP contribution is -2.44. The third kappa shape index (κ3) is 6.81. The first-order valence-electron chi connectivity index (χ1n) is 10.9. The zero-order valence-electron chi connectivity index (χ0n) is 18.3. The molecule has 2 atom stereocenters. The monoisotopic (exact) mass is 437 g/mol. The smallest absolute Gasteiger partial charge is 0.312 e. The summed E-state index contributed by atoms with van der Waals surface area (Å²) in [5, 5.41) is 8.52. The molecular weight excluding hydrogens is 406 g/mol. The summed E-state index contributed by atoms with van der Waals surface area (Å²) in [5.74, 6) is -0.153. The average Bonchev–Trinajstić information content (AvgIpc) is 2.78. The van der Waals surface area contributed by atoms with Gasteiger partial charge in [-0.05, 0) is 49.9 Å². The number of carbonyl (C=O) groups excluding carboxylic acids is 3. The Hall–Kier alpha value is -3.39. The number of piperidine rings is 1. The van der Waals surface area contributed by atoms with Gasteiger partial charge < -0.3 is 21.7 Å². The Balaban J connectivity index is 1.57. The molecule has 2 aromatic carbocycles. The van der Waals surface area contributed by atoms with Crippen molar-refractivity contribution in [2.75, 3.05) is 31.5 Å². The van der Waals surface area contributed by atoms with Crippen LogP contribution in [0.5, 0.6) is 0 Å². The summed E-state index contributed by atoms with van der Waals surface area (Å²) in [6.45, 7) is 4.19. The first kappa shape index (κ1) is 23.3. The molecule has 0 radical (unpaired) electrons. The summed E-state index contributed by atoms with van der Waals surface area (Å²) in [6.07, 6.45) is 1.94. The highest BCUT2D eigenvalue weighted by Crippen LogP contribution is 2.19. The van der Waals surface area contributed by atoms with Gasteiger partial charge in [0, 0.05) is 13.1 Å². The zero-order chi connectivity index (χ0) is 22.9.